The number of hydrogen-bond donors (Lipinski definition) is 0. The molecule has 0 fully saturated rings. The predicted octanol–water partition coefficient (Wildman–Crippen LogP) is 4.47. The van der Waals surface area contributed by atoms with Crippen LogP contribution in [0.1, 0.15) is 13.3 Å². The molecule has 0 aromatic heterocycles. The maximum atomic E-state index is 11.2. The smallest absolute Gasteiger partial charge is 0.169 e. The van der Waals surface area contributed by atoms with Crippen molar-refractivity contribution in [2.45, 2.75) is 13.3 Å². The van der Waals surface area contributed by atoms with Crippen LogP contribution < -0.4 is 4.74 Å². The summed E-state index contributed by atoms with van der Waals surface area (Å²) in [7, 11) is 0. The Balaban J connectivity index is 2.06. The molecule has 0 saturated carbocycles. The van der Waals surface area contributed by atoms with E-state index >= 15 is 0 Å². The van der Waals surface area contributed by atoms with Crippen molar-refractivity contribution in [1.82, 2.24) is 0 Å². The quantitative estimate of drug-likeness (QED) is 0.812. The highest BCUT2D eigenvalue weighted by molar-refractivity contribution is 9.10. The highest BCUT2D eigenvalue weighted by atomic mass is 79.9. The van der Waals surface area contributed by atoms with Crippen molar-refractivity contribution in [3.8, 4) is 16.9 Å². The van der Waals surface area contributed by atoms with Crippen molar-refractivity contribution >= 4 is 21.7 Å². The van der Waals surface area contributed by atoms with Gasteiger partial charge in [0.15, 0.2) is 5.78 Å². The van der Waals surface area contributed by atoms with Crippen LogP contribution >= 0.6 is 15.9 Å². The summed E-state index contributed by atoms with van der Waals surface area (Å²) in [5.74, 6) is 0.833. The number of carbonyl (C=O) groups is 1. The molecule has 0 radical (unpaired) electrons. The van der Waals surface area contributed by atoms with Crippen molar-refractivity contribution in [3.63, 3.8) is 0 Å². The highest BCUT2D eigenvalue weighted by Gasteiger charge is 2.01. The lowest BCUT2D eigenvalue weighted by molar-refractivity contribution is -0.120. The third kappa shape index (κ3) is 3.93. The molecule has 0 aliphatic heterocycles. The van der Waals surface area contributed by atoms with Gasteiger partial charge in [-0.25, -0.2) is 0 Å². The first-order valence-corrected chi connectivity index (χ1v) is 6.99. The fourth-order valence-electron chi connectivity index (χ4n) is 1.65. The highest BCUT2D eigenvalue weighted by Crippen LogP contribution is 2.24. The molecule has 0 unspecified atom stereocenters. The molecule has 0 atom stereocenters. The van der Waals surface area contributed by atoms with E-state index in [4.69, 9.17) is 4.74 Å². The minimum Gasteiger partial charge on any atom is -0.486 e. The average Bonchev–Trinajstić information content (AvgIpc) is 2.46. The van der Waals surface area contributed by atoms with Crippen LogP contribution in [0.25, 0.3) is 11.1 Å². The number of ether oxygens (including phenoxy) is 1. The number of Topliss-reactive ketones (excluding diaryl/α,β-unsaturated/α-hetero) is 1. The average molecular weight is 319 g/mol. The number of ketones is 1. The summed E-state index contributed by atoms with van der Waals surface area (Å²) in [6, 6.07) is 15.9. The van der Waals surface area contributed by atoms with E-state index < -0.39 is 0 Å². The molecular formula is C16H15BrO2. The molecule has 0 saturated heterocycles. The van der Waals surface area contributed by atoms with Gasteiger partial charge in [-0.3, -0.25) is 4.79 Å². The van der Waals surface area contributed by atoms with Crippen LogP contribution in [0.5, 0.6) is 5.75 Å². The Morgan fingerprint density at radius 3 is 2.05 bits per heavy atom. The molecule has 2 nitrogen and oxygen atoms in total. The molecule has 0 heterocycles. The van der Waals surface area contributed by atoms with Gasteiger partial charge in [0.2, 0.25) is 0 Å². The van der Waals surface area contributed by atoms with E-state index in [2.05, 4.69) is 28.1 Å². The van der Waals surface area contributed by atoms with Crippen LogP contribution in [0, 0.1) is 0 Å². The van der Waals surface area contributed by atoms with Crippen molar-refractivity contribution in [2.24, 2.45) is 0 Å². The first-order valence-electron chi connectivity index (χ1n) is 6.19. The second-order valence-electron chi connectivity index (χ2n) is 4.21. The van der Waals surface area contributed by atoms with E-state index in [0.717, 1.165) is 21.3 Å². The third-order valence-electron chi connectivity index (χ3n) is 2.83. The topological polar surface area (TPSA) is 26.3 Å². The zero-order valence-electron chi connectivity index (χ0n) is 10.7. The maximum Gasteiger partial charge on any atom is 0.169 e. The van der Waals surface area contributed by atoms with Gasteiger partial charge in [0.25, 0.3) is 0 Å². The van der Waals surface area contributed by atoms with Gasteiger partial charge in [-0.05, 0) is 35.4 Å². The molecule has 0 aliphatic rings. The van der Waals surface area contributed by atoms with Crippen LogP contribution in [0.2, 0.25) is 0 Å². The lowest BCUT2D eigenvalue weighted by Gasteiger charge is -2.06. The van der Waals surface area contributed by atoms with E-state index in [9.17, 15) is 4.79 Å². The number of carbonyl (C=O) groups excluding carboxylic acids is 1. The Morgan fingerprint density at radius 2 is 1.53 bits per heavy atom. The normalized spacial score (nSPS) is 10.2. The monoisotopic (exact) mass is 318 g/mol. The van der Waals surface area contributed by atoms with Crippen molar-refractivity contribution in [3.05, 3.63) is 53.0 Å². The van der Waals surface area contributed by atoms with Gasteiger partial charge in [-0.2, -0.15) is 0 Å². The molecule has 0 amide bonds. The molecule has 98 valence electrons. The Hall–Kier alpha value is -1.61. The lowest BCUT2D eigenvalue weighted by Crippen LogP contribution is -2.09. The third-order valence-corrected chi connectivity index (χ3v) is 3.35. The summed E-state index contributed by atoms with van der Waals surface area (Å²) >= 11 is 3.42. The summed E-state index contributed by atoms with van der Waals surface area (Å²) < 4.78 is 6.48. The van der Waals surface area contributed by atoms with Crippen LogP contribution in [0.15, 0.2) is 53.0 Å². The maximum absolute atomic E-state index is 11.2. The minimum absolute atomic E-state index is 0.108. The van der Waals surface area contributed by atoms with E-state index in [0.29, 0.717) is 6.42 Å². The van der Waals surface area contributed by atoms with Crippen LogP contribution in [-0.2, 0) is 4.79 Å². The fourth-order valence-corrected chi connectivity index (χ4v) is 1.92. The fraction of sp³-hybridized carbons (Fsp3) is 0.188. The van der Waals surface area contributed by atoms with Crippen LogP contribution in [0.4, 0.5) is 0 Å². The SMILES string of the molecule is CCC(=O)COc1ccc(-c2ccc(Br)cc2)cc1. The van der Waals surface area contributed by atoms with Crippen molar-refractivity contribution < 1.29 is 9.53 Å². The Labute approximate surface area is 121 Å². The van der Waals surface area contributed by atoms with Gasteiger partial charge in [-0.1, -0.05) is 47.1 Å². The summed E-state index contributed by atoms with van der Waals surface area (Å²) in [6.45, 7) is 1.98. The molecule has 2 aromatic rings. The van der Waals surface area contributed by atoms with Gasteiger partial charge in [0, 0.05) is 10.9 Å². The molecule has 0 aliphatic carbocycles. The van der Waals surface area contributed by atoms with E-state index in [-0.39, 0.29) is 12.4 Å². The molecule has 3 heteroatoms. The Morgan fingerprint density at radius 1 is 1.00 bits per heavy atom. The van der Waals surface area contributed by atoms with Gasteiger partial charge >= 0.3 is 0 Å². The van der Waals surface area contributed by atoms with E-state index in [1.54, 1.807) is 0 Å². The zero-order valence-corrected chi connectivity index (χ0v) is 12.3. The second-order valence-corrected chi connectivity index (χ2v) is 5.13. The Kier molecular flexibility index (Phi) is 4.74. The molecule has 0 spiro atoms. The molecule has 0 bridgehead atoms. The predicted molar refractivity (Wildman–Crippen MR) is 80.4 cm³/mol. The number of halogens is 1. The van der Waals surface area contributed by atoms with Gasteiger partial charge in [-0.15, -0.1) is 0 Å². The van der Waals surface area contributed by atoms with E-state index in [1.165, 1.54) is 0 Å². The standard InChI is InChI=1S/C16H15BrO2/c1-2-15(18)11-19-16-9-5-13(6-10-16)12-3-7-14(17)8-4-12/h3-10H,2,11H2,1H3. The van der Waals surface area contributed by atoms with Crippen molar-refractivity contribution in [2.75, 3.05) is 6.61 Å². The number of benzene rings is 2. The molecule has 2 rings (SSSR count). The second kappa shape index (κ2) is 6.53. The molecular weight excluding hydrogens is 304 g/mol. The summed E-state index contributed by atoms with van der Waals surface area (Å²) in [5, 5.41) is 0. The molecule has 19 heavy (non-hydrogen) atoms. The van der Waals surface area contributed by atoms with Crippen molar-refractivity contribution in [1.29, 1.82) is 0 Å². The van der Waals surface area contributed by atoms with Gasteiger partial charge in [0.05, 0.1) is 0 Å². The number of rotatable bonds is 5. The largest absolute Gasteiger partial charge is 0.486 e. The number of hydrogen-bond acceptors (Lipinski definition) is 2. The molecule has 2 aromatic carbocycles. The first kappa shape index (κ1) is 13.8. The Bertz CT molecular complexity index is 544. The molecule has 0 N–H and O–H groups in total. The first-order chi connectivity index (χ1) is 9.19. The van der Waals surface area contributed by atoms with Crippen LogP contribution in [-0.4, -0.2) is 12.4 Å². The zero-order chi connectivity index (χ0) is 13.7. The summed E-state index contributed by atoms with van der Waals surface area (Å²) in [6.07, 6.45) is 0.511. The van der Waals surface area contributed by atoms with Crippen LogP contribution in [0.3, 0.4) is 0 Å². The minimum atomic E-state index is 0.108. The summed E-state index contributed by atoms with van der Waals surface area (Å²) in [4.78, 5) is 11.2. The van der Waals surface area contributed by atoms with E-state index in [1.807, 2.05) is 43.3 Å². The summed E-state index contributed by atoms with van der Waals surface area (Å²) in [5.41, 5.74) is 2.28. The lowest BCUT2D eigenvalue weighted by atomic mass is 10.1. The van der Waals surface area contributed by atoms with Gasteiger partial charge in [0.1, 0.15) is 12.4 Å². The van der Waals surface area contributed by atoms with Gasteiger partial charge < -0.3 is 4.74 Å².